The summed E-state index contributed by atoms with van der Waals surface area (Å²) in [5.74, 6) is 0. The van der Waals surface area contributed by atoms with E-state index in [9.17, 15) is 0 Å². The van der Waals surface area contributed by atoms with E-state index >= 15 is 0 Å². The summed E-state index contributed by atoms with van der Waals surface area (Å²) in [6.07, 6.45) is 2.20. The minimum atomic E-state index is 0.344. The normalized spacial score (nSPS) is 12.9. The van der Waals surface area contributed by atoms with E-state index in [4.69, 9.17) is 0 Å². The lowest BCUT2D eigenvalue weighted by Gasteiger charge is -2.20. The minimum absolute atomic E-state index is 0.344. The molecular formula is C16H25. The fourth-order valence-corrected chi connectivity index (χ4v) is 1.92. The highest BCUT2D eigenvalue weighted by Crippen LogP contribution is 2.24. The van der Waals surface area contributed by atoms with Crippen LogP contribution in [0.4, 0.5) is 0 Å². The summed E-state index contributed by atoms with van der Waals surface area (Å²) < 4.78 is 0. The number of hydrogen-bond donors (Lipinski definition) is 0. The zero-order valence-electron chi connectivity index (χ0n) is 11.6. The zero-order valence-corrected chi connectivity index (χ0v) is 11.6. The molecule has 0 heterocycles. The molecule has 0 aromatic heterocycles. The van der Waals surface area contributed by atoms with Crippen LogP contribution in [0.15, 0.2) is 18.2 Å². The van der Waals surface area contributed by atoms with Gasteiger partial charge < -0.3 is 0 Å². The molecule has 0 aliphatic heterocycles. The number of rotatable bonds is 2. The summed E-state index contributed by atoms with van der Waals surface area (Å²) in [5.41, 5.74) is 3.37. The van der Waals surface area contributed by atoms with Crippen LogP contribution in [0.1, 0.15) is 52.7 Å². The van der Waals surface area contributed by atoms with Gasteiger partial charge in [-0.3, -0.25) is 0 Å². The van der Waals surface area contributed by atoms with Crippen molar-refractivity contribution < 1.29 is 0 Å². The van der Waals surface area contributed by atoms with Gasteiger partial charge in [0.15, 0.2) is 0 Å². The van der Waals surface area contributed by atoms with Crippen molar-refractivity contribution in [2.45, 2.75) is 54.4 Å². The molecule has 1 aromatic rings. The summed E-state index contributed by atoms with van der Waals surface area (Å²) in [6, 6.07) is 10.1. The first-order chi connectivity index (χ1) is 7.16. The summed E-state index contributed by atoms with van der Waals surface area (Å²) in [6.45, 7) is 13.7. The quantitative estimate of drug-likeness (QED) is 0.675. The molecule has 0 aliphatic carbocycles. The first-order valence-electron chi connectivity index (χ1n) is 6.16. The van der Waals surface area contributed by atoms with E-state index in [1.807, 2.05) is 0 Å². The Morgan fingerprint density at radius 2 is 1.19 bits per heavy atom. The Morgan fingerprint density at radius 3 is 1.50 bits per heavy atom. The first kappa shape index (κ1) is 13.3. The van der Waals surface area contributed by atoms with Gasteiger partial charge in [0.1, 0.15) is 0 Å². The van der Waals surface area contributed by atoms with E-state index < -0.39 is 0 Å². The molecule has 0 spiro atoms. The maximum Gasteiger partial charge on any atom is -0.0114 e. The van der Waals surface area contributed by atoms with Gasteiger partial charge in [-0.1, -0.05) is 59.7 Å². The molecule has 0 heteroatoms. The van der Waals surface area contributed by atoms with Crippen molar-refractivity contribution in [3.63, 3.8) is 0 Å². The van der Waals surface area contributed by atoms with Gasteiger partial charge in [-0.15, -0.1) is 0 Å². The average Bonchev–Trinajstić information content (AvgIpc) is 1.96. The highest BCUT2D eigenvalue weighted by atomic mass is 14.2. The number of benzene rings is 1. The molecule has 1 radical (unpaired) electrons. The van der Waals surface area contributed by atoms with Gasteiger partial charge in [0.2, 0.25) is 0 Å². The van der Waals surface area contributed by atoms with Crippen molar-refractivity contribution in [3.8, 4) is 0 Å². The van der Waals surface area contributed by atoms with Crippen LogP contribution in [0.5, 0.6) is 0 Å². The van der Waals surface area contributed by atoms with Crippen LogP contribution < -0.4 is 0 Å². The lowest BCUT2D eigenvalue weighted by molar-refractivity contribution is 0.405. The average molecular weight is 217 g/mol. The topological polar surface area (TPSA) is 0 Å². The van der Waals surface area contributed by atoms with E-state index in [2.05, 4.69) is 65.8 Å². The maximum absolute atomic E-state index is 3.56. The Bertz CT molecular complexity index is 303. The molecule has 16 heavy (non-hydrogen) atoms. The van der Waals surface area contributed by atoms with E-state index in [-0.39, 0.29) is 0 Å². The lowest BCUT2D eigenvalue weighted by Crippen LogP contribution is -2.11. The third kappa shape index (κ3) is 5.34. The van der Waals surface area contributed by atoms with Crippen molar-refractivity contribution >= 4 is 0 Å². The van der Waals surface area contributed by atoms with Crippen LogP contribution in [0.3, 0.4) is 0 Å². The van der Waals surface area contributed by atoms with Gasteiger partial charge in [-0.05, 0) is 40.9 Å². The van der Waals surface area contributed by atoms with Gasteiger partial charge >= 0.3 is 0 Å². The Kier molecular flexibility index (Phi) is 3.83. The van der Waals surface area contributed by atoms with Crippen LogP contribution >= 0.6 is 0 Å². The largest absolute Gasteiger partial charge is 0.0617 e. The van der Waals surface area contributed by atoms with Crippen molar-refractivity contribution in [3.05, 3.63) is 35.4 Å². The highest BCUT2D eigenvalue weighted by Gasteiger charge is 2.14. The molecule has 0 nitrogen and oxygen atoms in total. The predicted molar refractivity (Wildman–Crippen MR) is 71.6 cm³/mol. The molecule has 0 bridgehead atoms. The molecule has 1 aromatic carbocycles. The fraction of sp³-hybridized carbons (Fsp3) is 0.625. The maximum atomic E-state index is 3.56. The van der Waals surface area contributed by atoms with Crippen LogP contribution in [-0.2, 0) is 12.8 Å². The molecule has 0 saturated heterocycles. The van der Waals surface area contributed by atoms with E-state index in [0.29, 0.717) is 10.8 Å². The van der Waals surface area contributed by atoms with Gasteiger partial charge in [0.25, 0.3) is 0 Å². The number of hydrogen-bond acceptors (Lipinski definition) is 0. The van der Waals surface area contributed by atoms with E-state index in [1.54, 1.807) is 0 Å². The highest BCUT2D eigenvalue weighted by molar-refractivity contribution is 5.23. The molecule has 0 aliphatic rings. The second kappa shape index (κ2) is 4.61. The van der Waals surface area contributed by atoms with Gasteiger partial charge in [-0.25, -0.2) is 0 Å². The van der Waals surface area contributed by atoms with Crippen molar-refractivity contribution in [2.75, 3.05) is 0 Å². The van der Waals surface area contributed by atoms with Gasteiger partial charge in [-0.2, -0.15) is 0 Å². The molecule has 1 rings (SSSR count). The molecule has 0 atom stereocenters. The molecule has 0 fully saturated rings. The third-order valence-corrected chi connectivity index (χ3v) is 2.36. The predicted octanol–water partition coefficient (Wildman–Crippen LogP) is 4.66. The summed E-state index contributed by atoms with van der Waals surface area (Å²) in [5, 5.41) is 0. The molecular weight excluding hydrogens is 192 g/mol. The monoisotopic (exact) mass is 217 g/mol. The molecule has 0 amide bonds. The fourth-order valence-electron chi connectivity index (χ4n) is 1.92. The second-order valence-corrected chi connectivity index (χ2v) is 7.18. The van der Waals surface area contributed by atoms with Crippen LogP contribution in [0, 0.1) is 16.9 Å². The Hall–Kier alpha value is -0.780. The summed E-state index contributed by atoms with van der Waals surface area (Å²) >= 11 is 0. The summed E-state index contributed by atoms with van der Waals surface area (Å²) in [7, 11) is 0. The SMILES string of the molecule is CC(C)(C)Cc1[c]c(CC(C)(C)C)ccc1. The van der Waals surface area contributed by atoms with Gasteiger partial charge in [0, 0.05) is 0 Å². The van der Waals surface area contributed by atoms with Crippen molar-refractivity contribution in [1.82, 2.24) is 0 Å². The Balaban J connectivity index is 2.79. The smallest absolute Gasteiger partial charge is 0.0114 e. The lowest BCUT2D eigenvalue weighted by atomic mass is 9.85. The van der Waals surface area contributed by atoms with E-state index in [0.717, 1.165) is 12.8 Å². The molecule has 0 unspecified atom stereocenters. The standard InChI is InChI=1S/C16H25/c1-15(2,3)11-13-8-7-9-14(10-13)12-16(4,5)6/h7-9H,11-12H2,1-6H3. The van der Waals surface area contributed by atoms with E-state index in [1.165, 1.54) is 11.1 Å². The van der Waals surface area contributed by atoms with Crippen molar-refractivity contribution in [1.29, 1.82) is 0 Å². The van der Waals surface area contributed by atoms with Crippen molar-refractivity contribution in [2.24, 2.45) is 10.8 Å². The zero-order chi connectivity index (χ0) is 12.4. The van der Waals surface area contributed by atoms with Crippen LogP contribution in [-0.4, -0.2) is 0 Å². The Labute approximate surface area is 101 Å². The molecule has 0 N–H and O–H groups in total. The Morgan fingerprint density at radius 1 is 0.812 bits per heavy atom. The third-order valence-electron chi connectivity index (χ3n) is 2.36. The van der Waals surface area contributed by atoms with Gasteiger partial charge in [0.05, 0.1) is 0 Å². The molecule has 89 valence electrons. The van der Waals surface area contributed by atoms with Crippen LogP contribution in [0.25, 0.3) is 0 Å². The molecule has 0 saturated carbocycles. The second-order valence-electron chi connectivity index (χ2n) is 7.18. The first-order valence-corrected chi connectivity index (χ1v) is 6.16. The van der Waals surface area contributed by atoms with Crippen LogP contribution in [0.2, 0.25) is 0 Å². The minimum Gasteiger partial charge on any atom is -0.0617 e. The summed E-state index contributed by atoms with van der Waals surface area (Å²) in [4.78, 5) is 0.